The van der Waals surface area contributed by atoms with Crippen molar-refractivity contribution in [3.8, 4) is 0 Å². The van der Waals surface area contributed by atoms with Crippen LogP contribution in [0.5, 0.6) is 0 Å². The molecule has 2 saturated heterocycles. The molecule has 2 aliphatic heterocycles. The number of methoxy groups -OCH3 is 1. The van der Waals surface area contributed by atoms with E-state index in [1.807, 2.05) is 20.8 Å². The van der Waals surface area contributed by atoms with Crippen LogP contribution in [0.3, 0.4) is 0 Å². The first-order chi connectivity index (χ1) is 6.03. The Labute approximate surface area is 78.1 Å². The van der Waals surface area contributed by atoms with Crippen LogP contribution in [0.1, 0.15) is 20.8 Å². The van der Waals surface area contributed by atoms with E-state index in [2.05, 4.69) is 0 Å². The van der Waals surface area contributed by atoms with Crippen molar-refractivity contribution in [1.29, 1.82) is 0 Å². The van der Waals surface area contributed by atoms with Gasteiger partial charge in [0.05, 0.1) is 6.10 Å². The van der Waals surface area contributed by atoms with Crippen molar-refractivity contribution in [3.05, 3.63) is 0 Å². The molecule has 0 saturated carbocycles. The van der Waals surface area contributed by atoms with Crippen LogP contribution in [0.4, 0.5) is 0 Å². The zero-order valence-electron chi connectivity index (χ0n) is 8.44. The fraction of sp³-hybridized carbons (Fsp3) is 1.00. The Morgan fingerprint density at radius 1 is 1.23 bits per heavy atom. The summed E-state index contributed by atoms with van der Waals surface area (Å²) in [7, 11) is 1.67. The van der Waals surface area contributed by atoms with Crippen molar-refractivity contribution < 1.29 is 18.9 Å². The maximum Gasteiger partial charge on any atom is 0.190 e. The average Bonchev–Trinajstić information content (AvgIpc) is 2.39. The third-order valence-corrected chi connectivity index (χ3v) is 2.50. The first-order valence-corrected chi connectivity index (χ1v) is 4.57. The maximum atomic E-state index is 5.67. The number of ether oxygens (including phenoxy) is 4. The predicted octanol–water partition coefficient (Wildman–Crippen LogP) is 0.898. The summed E-state index contributed by atoms with van der Waals surface area (Å²) >= 11 is 0. The van der Waals surface area contributed by atoms with Crippen LogP contribution < -0.4 is 0 Å². The minimum Gasteiger partial charge on any atom is -0.376 e. The number of rotatable bonds is 1. The lowest BCUT2D eigenvalue weighted by molar-refractivity contribution is -0.214. The first-order valence-electron chi connectivity index (χ1n) is 4.57. The van der Waals surface area contributed by atoms with E-state index in [0.717, 1.165) is 0 Å². The Bertz CT molecular complexity index is 204. The Kier molecular flexibility index (Phi) is 2.11. The zero-order valence-corrected chi connectivity index (χ0v) is 8.44. The highest BCUT2D eigenvalue weighted by atomic mass is 16.8. The molecule has 2 rings (SSSR count). The molecule has 2 fully saturated rings. The molecule has 0 aromatic heterocycles. The van der Waals surface area contributed by atoms with Gasteiger partial charge in [-0.25, -0.2) is 0 Å². The SMILES string of the molecule is CO[C@@H]1[C@H]2OC(C)(C)O[C@H]2O[C@@H]1C. The molecule has 0 spiro atoms. The van der Waals surface area contributed by atoms with Gasteiger partial charge >= 0.3 is 0 Å². The van der Waals surface area contributed by atoms with Crippen LogP contribution in [-0.4, -0.2) is 37.5 Å². The van der Waals surface area contributed by atoms with Gasteiger partial charge in [0.25, 0.3) is 0 Å². The summed E-state index contributed by atoms with van der Waals surface area (Å²) in [5, 5.41) is 0. The van der Waals surface area contributed by atoms with Crippen LogP contribution in [0.2, 0.25) is 0 Å². The molecule has 0 aromatic rings. The van der Waals surface area contributed by atoms with E-state index >= 15 is 0 Å². The number of fused-ring (bicyclic) bond motifs is 1. The molecule has 0 amide bonds. The van der Waals surface area contributed by atoms with Gasteiger partial charge in [-0.1, -0.05) is 0 Å². The van der Waals surface area contributed by atoms with E-state index in [1.54, 1.807) is 7.11 Å². The van der Waals surface area contributed by atoms with Crippen molar-refractivity contribution >= 4 is 0 Å². The zero-order chi connectivity index (χ0) is 9.64. The fourth-order valence-electron chi connectivity index (χ4n) is 1.97. The summed E-state index contributed by atoms with van der Waals surface area (Å²) in [6.45, 7) is 5.73. The van der Waals surface area contributed by atoms with E-state index in [-0.39, 0.29) is 24.6 Å². The largest absolute Gasteiger partial charge is 0.376 e. The lowest BCUT2D eigenvalue weighted by Crippen LogP contribution is -2.34. The van der Waals surface area contributed by atoms with Crippen LogP contribution in [0.25, 0.3) is 0 Å². The fourth-order valence-corrected chi connectivity index (χ4v) is 1.97. The van der Waals surface area contributed by atoms with Gasteiger partial charge in [0, 0.05) is 7.11 Å². The third kappa shape index (κ3) is 1.48. The minimum atomic E-state index is -0.549. The quantitative estimate of drug-likeness (QED) is 0.612. The molecule has 0 bridgehead atoms. The molecular formula is C9H16O4. The smallest absolute Gasteiger partial charge is 0.190 e. The lowest BCUT2D eigenvalue weighted by Gasteiger charge is -2.22. The monoisotopic (exact) mass is 188 g/mol. The number of hydrogen-bond acceptors (Lipinski definition) is 4. The van der Waals surface area contributed by atoms with Crippen LogP contribution >= 0.6 is 0 Å². The second kappa shape index (κ2) is 2.92. The van der Waals surface area contributed by atoms with Crippen LogP contribution in [0, 0.1) is 0 Å². The molecule has 0 aromatic carbocycles. The van der Waals surface area contributed by atoms with E-state index in [9.17, 15) is 0 Å². The Morgan fingerprint density at radius 3 is 2.54 bits per heavy atom. The molecule has 4 nitrogen and oxygen atoms in total. The normalized spacial score (nSPS) is 48.0. The van der Waals surface area contributed by atoms with Crippen molar-refractivity contribution in [2.24, 2.45) is 0 Å². The van der Waals surface area contributed by atoms with Crippen molar-refractivity contribution in [1.82, 2.24) is 0 Å². The maximum absolute atomic E-state index is 5.67. The van der Waals surface area contributed by atoms with Gasteiger partial charge in [-0.15, -0.1) is 0 Å². The highest BCUT2D eigenvalue weighted by Crippen LogP contribution is 2.38. The summed E-state index contributed by atoms with van der Waals surface area (Å²) in [5.74, 6) is -0.549. The third-order valence-electron chi connectivity index (χ3n) is 2.50. The van der Waals surface area contributed by atoms with Crippen molar-refractivity contribution in [2.75, 3.05) is 7.11 Å². The second-order valence-corrected chi connectivity index (χ2v) is 4.01. The van der Waals surface area contributed by atoms with Crippen LogP contribution in [0.15, 0.2) is 0 Å². The molecule has 0 aliphatic carbocycles. The summed E-state index contributed by atoms with van der Waals surface area (Å²) < 4.78 is 22.1. The molecule has 2 aliphatic rings. The summed E-state index contributed by atoms with van der Waals surface area (Å²) in [6.07, 6.45) is -0.340. The molecular weight excluding hydrogens is 172 g/mol. The van der Waals surface area contributed by atoms with Gasteiger partial charge < -0.3 is 18.9 Å². The summed E-state index contributed by atoms with van der Waals surface area (Å²) in [6, 6.07) is 0. The molecule has 13 heavy (non-hydrogen) atoms. The summed E-state index contributed by atoms with van der Waals surface area (Å²) in [4.78, 5) is 0. The molecule has 76 valence electrons. The minimum absolute atomic E-state index is 0.0215. The first kappa shape index (κ1) is 9.40. The standard InChI is InChI=1S/C9H16O4/c1-5-6(10-4)7-8(11-5)13-9(2,3)12-7/h5-8H,1-4H3/t5-,6+,7-,8-/m1/s1. The van der Waals surface area contributed by atoms with E-state index in [4.69, 9.17) is 18.9 Å². The molecule has 4 atom stereocenters. The molecule has 0 radical (unpaired) electrons. The van der Waals surface area contributed by atoms with E-state index < -0.39 is 5.79 Å². The number of hydrogen-bond donors (Lipinski definition) is 0. The summed E-state index contributed by atoms with van der Waals surface area (Å²) in [5.41, 5.74) is 0. The average molecular weight is 188 g/mol. The molecule has 0 N–H and O–H groups in total. The van der Waals surface area contributed by atoms with Gasteiger partial charge in [0.1, 0.15) is 12.2 Å². The van der Waals surface area contributed by atoms with Crippen molar-refractivity contribution in [3.63, 3.8) is 0 Å². The topological polar surface area (TPSA) is 36.9 Å². The lowest BCUT2D eigenvalue weighted by atomic mass is 10.1. The van der Waals surface area contributed by atoms with Crippen molar-refractivity contribution in [2.45, 2.75) is 51.2 Å². The van der Waals surface area contributed by atoms with E-state index in [1.165, 1.54) is 0 Å². The molecule has 4 heteroatoms. The Balaban J connectivity index is 2.10. The second-order valence-electron chi connectivity index (χ2n) is 4.01. The Hall–Kier alpha value is -0.160. The Morgan fingerprint density at radius 2 is 1.92 bits per heavy atom. The van der Waals surface area contributed by atoms with Gasteiger partial charge in [-0.05, 0) is 20.8 Å². The highest BCUT2D eigenvalue weighted by Gasteiger charge is 2.53. The van der Waals surface area contributed by atoms with Gasteiger partial charge in [0.15, 0.2) is 12.1 Å². The van der Waals surface area contributed by atoms with Gasteiger partial charge in [-0.2, -0.15) is 0 Å². The van der Waals surface area contributed by atoms with E-state index in [0.29, 0.717) is 0 Å². The molecule has 2 heterocycles. The van der Waals surface area contributed by atoms with Gasteiger partial charge in [-0.3, -0.25) is 0 Å². The molecule has 0 unspecified atom stereocenters. The van der Waals surface area contributed by atoms with Gasteiger partial charge in [0.2, 0.25) is 0 Å². The van der Waals surface area contributed by atoms with Crippen LogP contribution in [-0.2, 0) is 18.9 Å². The predicted molar refractivity (Wildman–Crippen MR) is 45.2 cm³/mol. The highest BCUT2D eigenvalue weighted by molar-refractivity contribution is 4.91.